The molecule has 5 heteroatoms. The van der Waals surface area contributed by atoms with Crippen LogP contribution in [0.4, 0.5) is 4.79 Å². The predicted molar refractivity (Wildman–Crippen MR) is 86.0 cm³/mol. The van der Waals surface area contributed by atoms with Gasteiger partial charge in [-0.2, -0.15) is 0 Å². The van der Waals surface area contributed by atoms with E-state index in [1.165, 1.54) is 0 Å². The van der Waals surface area contributed by atoms with E-state index in [2.05, 4.69) is 0 Å². The molecule has 0 unspecified atom stereocenters. The van der Waals surface area contributed by atoms with E-state index in [0.717, 1.165) is 31.4 Å². The lowest BCUT2D eigenvalue weighted by molar-refractivity contribution is -0.181. The Hall–Kier alpha value is -1.59. The maximum atomic E-state index is 12.2. The van der Waals surface area contributed by atoms with Crippen LogP contribution >= 0.6 is 0 Å². The first-order valence-electron chi connectivity index (χ1n) is 8.52. The number of rotatable bonds is 4. The van der Waals surface area contributed by atoms with E-state index in [0.29, 0.717) is 26.2 Å². The average Bonchev–Trinajstić information content (AvgIpc) is 3.06. The van der Waals surface area contributed by atoms with E-state index in [-0.39, 0.29) is 12.1 Å². The number of amides is 1. The molecule has 3 rings (SSSR count). The van der Waals surface area contributed by atoms with Gasteiger partial charge in [-0.15, -0.1) is 0 Å². The molecule has 0 radical (unpaired) electrons. The van der Waals surface area contributed by atoms with Crippen molar-refractivity contribution in [1.82, 2.24) is 4.90 Å². The zero-order chi connectivity index (χ0) is 16.1. The lowest BCUT2D eigenvalue weighted by Crippen LogP contribution is -2.47. The molecule has 2 aliphatic heterocycles. The van der Waals surface area contributed by atoms with E-state index in [4.69, 9.17) is 14.2 Å². The molecule has 1 aromatic carbocycles. The molecule has 2 aliphatic rings. The molecule has 126 valence electrons. The normalized spacial score (nSPS) is 23.7. The molecule has 0 aromatic heterocycles. The lowest BCUT2D eigenvalue weighted by Gasteiger charge is -2.39. The van der Waals surface area contributed by atoms with Crippen LogP contribution in [-0.4, -0.2) is 43.4 Å². The summed E-state index contributed by atoms with van der Waals surface area (Å²) < 4.78 is 17.3. The molecule has 1 atom stereocenters. The Kier molecular flexibility index (Phi) is 5.18. The van der Waals surface area contributed by atoms with E-state index < -0.39 is 5.79 Å². The van der Waals surface area contributed by atoms with Crippen LogP contribution in [0.3, 0.4) is 0 Å². The van der Waals surface area contributed by atoms with E-state index in [1.807, 2.05) is 42.2 Å². The van der Waals surface area contributed by atoms with Gasteiger partial charge in [-0.1, -0.05) is 30.3 Å². The summed E-state index contributed by atoms with van der Waals surface area (Å²) in [6, 6.07) is 10.1. The summed E-state index contributed by atoms with van der Waals surface area (Å²) in [5, 5.41) is 0. The van der Waals surface area contributed by atoms with Crippen LogP contribution in [0.1, 0.15) is 38.2 Å². The van der Waals surface area contributed by atoms with Gasteiger partial charge in [0.15, 0.2) is 5.79 Å². The number of piperidine rings is 1. The fraction of sp³-hybridized carbons (Fsp3) is 0.611. The summed E-state index contributed by atoms with van der Waals surface area (Å²) in [5.41, 5.74) is 1.02. The van der Waals surface area contributed by atoms with Gasteiger partial charge in [0.25, 0.3) is 0 Å². The number of carbonyl (C=O) groups is 1. The molecule has 2 saturated heterocycles. The molecule has 1 amide bonds. The quantitative estimate of drug-likeness (QED) is 0.854. The minimum Gasteiger partial charge on any atom is -0.450 e. The summed E-state index contributed by atoms with van der Waals surface area (Å²) >= 11 is 0. The summed E-state index contributed by atoms with van der Waals surface area (Å²) in [7, 11) is 0. The zero-order valence-electron chi connectivity index (χ0n) is 13.7. The van der Waals surface area contributed by atoms with E-state index in [1.54, 1.807) is 0 Å². The Morgan fingerprint density at radius 3 is 2.70 bits per heavy atom. The maximum Gasteiger partial charge on any atom is 0.409 e. The fourth-order valence-corrected chi connectivity index (χ4v) is 3.52. The highest BCUT2D eigenvalue weighted by atomic mass is 16.7. The highest BCUT2D eigenvalue weighted by Gasteiger charge is 2.43. The van der Waals surface area contributed by atoms with Crippen molar-refractivity contribution < 1.29 is 19.0 Å². The molecule has 23 heavy (non-hydrogen) atoms. The molecular formula is C18H25NO4. The number of ether oxygens (including phenoxy) is 3. The summed E-state index contributed by atoms with van der Waals surface area (Å²) in [4.78, 5) is 14.1. The Morgan fingerprint density at radius 1 is 1.26 bits per heavy atom. The first kappa shape index (κ1) is 16.3. The number of nitrogens with zero attached hydrogens (tertiary/aromatic N) is 1. The van der Waals surface area contributed by atoms with Crippen LogP contribution in [0.2, 0.25) is 0 Å². The number of hydrogen-bond acceptors (Lipinski definition) is 4. The van der Waals surface area contributed by atoms with Gasteiger partial charge in [-0.3, -0.25) is 0 Å². The van der Waals surface area contributed by atoms with Gasteiger partial charge in [0.2, 0.25) is 0 Å². The van der Waals surface area contributed by atoms with Gasteiger partial charge in [-0.05, 0) is 26.2 Å². The summed E-state index contributed by atoms with van der Waals surface area (Å²) in [6.07, 6.45) is 3.52. The molecule has 0 bridgehead atoms. The third-order valence-corrected chi connectivity index (χ3v) is 4.60. The van der Waals surface area contributed by atoms with Crippen LogP contribution < -0.4 is 0 Å². The highest BCUT2D eigenvalue weighted by molar-refractivity contribution is 5.68. The molecule has 2 heterocycles. The van der Waals surface area contributed by atoms with Gasteiger partial charge >= 0.3 is 6.09 Å². The van der Waals surface area contributed by atoms with Crippen LogP contribution in [-0.2, 0) is 20.0 Å². The van der Waals surface area contributed by atoms with Gasteiger partial charge < -0.3 is 19.1 Å². The molecular weight excluding hydrogens is 294 g/mol. The largest absolute Gasteiger partial charge is 0.450 e. The van der Waals surface area contributed by atoms with Crippen molar-refractivity contribution in [3.63, 3.8) is 0 Å². The van der Waals surface area contributed by atoms with Gasteiger partial charge in [0.1, 0.15) is 0 Å². The topological polar surface area (TPSA) is 48.0 Å². The van der Waals surface area contributed by atoms with Gasteiger partial charge in [0, 0.05) is 24.6 Å². The maximum absolute atomic E-state index is 12.2. The SMILES string of the molecule is CCOC(=O)N1CCCC[C@H]1CC1(c2ccccc2)OCCO1. The Morgan fingerprint density at radius 2 is 2.00 bits per heavy atom. The number of carbonyl (C=O) groups excluding carboxylic acids is 1. The standard InChI is InChI=1S/C18H25NO4/c1-2-21-17(20)19-11-7-6-10-16(19)14-18(22-12-13-23-18)15-8-4-3-5-9-15/h3-5,8-9,16H,2,6-7,10-14H2,1H3/t16-/m0/s1. The molecule has 0 saturated carbocycles. The second-order valence-electron chi connectivity index (χ2n) is 6.06. The zero-order valence-corrected chi connectivity index (χ0v) is 13.7. The molecule has 1 aromatic rings. The van der Waals surface area contributed by atoms with Crippen molar-refractivity contribution in [3.05, 3.63) is 35.9 Å². The van der Waals surface area contributed by atoms with Crippen molar-refractivity contribution in [2.45, 2.75) is 44.4 Å². The lowest BCUT2D eigenvalue weighted by atomic mass is 9.92. The Balaban J connectivity index is 1.80. The number of benzene rings is 1. The van der Waals surface area contributed by atoms with Crippen molar-refractivity contribution in [2.24, 2.45) is 0 Å². The minimum absolute atomic E-state index is 0.0844. The summed E-state index contributed by atoms with van der Waals surface area (Å²) in [5.74, 6) is -0.742. The Bertz CT molecular complexity index is 513. The molecule has 5 nitrogen and oxygen atoms in total. The highest BCUT2D eigenvalue weighted by Crippen LogP contribution is 2.38. The predicted octanol–water partition coefficient (Wildman–Crippen LogP) is 3.29. The molecule has 0 N–H and O–H groups in total. The fourth-order valence-electron chi connectivity index (χ4n) is 3.52. The first-order valence-corrected chi connectivity index (χ1v) is 8.52. The smallest absolute Gasteiger partial charge is 0.409 e. The Labute approximate surface area is 137 Å². The molecule has 0 spiro atoms. The van der Waals surface area contributed by atoms with E-state index >= 15 is 0 Å². The summed E-state index contributed by atoms with van der Waals surface area (Å²) in [6.45, 7) is 4.15. The van der Waals surface area contributed by atoms with E-state index in [9.17, 15) is 4.79 Å². The van der Waals surface area contributed by atoms with Crippen molar-refractivity contribution >= 4 is 6.09 Å². The molecule has 0 aliphatic carbocycles. The number of hydrogen-bond donors (Lipinski definition) is 0. The molecule has 2 fully saturated rings. The van der Waals surface area contributed by atoms with Crippen LogP contribution in [0, 0.1) is 0 Å². The minimum atomic E-state index is -0.742. The average molecular weight is 319 g/mol. The second-order valence-corrected chi connectivity index (χ2v) is 6.06. The monoisotopic (exact) mass is 319 g/mol. The van der Waals surface area contributed by atoms with Crippen molar-refractivity contribution in [1.29, 1.82) is 0 Å². The van der Waals surface area contributed by atoms with Crippen molar-refractivity contribution in [2.75, 3.05) is 26.4 Å². The van der Waals surface area contributed by atoms with Gasteiger partial charge in [0.05, 0.1) is 19.8 Å². The third-order valence-electron chi connectivity index (χ3n) is 4.60. The van der Waals surface area contributed by atoms with Gasteiger partial charge in [-0.25, -0.2) is 4.79 Å². The van der Waals surface area contributed by atoms with Crippen LogP contribution in [0.5, 0.6) is 0 Å². The third kappa shape index (κ3) is 3.51. The number of likely N-dealkylation sites (tertiary alicyclic amines) is 1. The second kappa shape index (κ2) is 7.32. The van der Waals surface area contributed by atoms with Crippen LogP contribution in [0.25, 0.3) is 0 Å². The van der Waals surface area contributed by atoms with Crippen LogP contribution in [0.15, 0.2) is 30.3 Å². The van der Waals surface area contributed by atoms with Crippen molar-refractivity contribution in [3.8, 4) is 0 Å². The first-order chi connectivity index (χ1) is 11.2.